The fraction of sp³-hybridized carbons (Fsp3) is 0.857. The lowest BCUT2D eigenvalue weighted by Gasteiger charge is -2.14. The highest BCUT2D eigenvalue weighted by Gasteiger charge is 2.09. The van der Waals surface area contributed by atoms with Gasteiger partial charge in [-0.25, -0.2) is 0 Å². The molecule has 1 N–H and O–H groups in total. The van der Waals surface area contributed by atoms with Gasteiger partial charge in [0.25, 0.3) is 0 Å². The fourth-order valence-electron chi connectivity index (χ4n) is 0.579. The largest absolute Gasteiger partial charge is 0.433 e. The summed E-state index contributed by atoms with van der Waals surface area (Å²) in [7, 11) is 1.41. The predicted molar refractivity (Wildman–Crippen MR) is 40.5 cm³/mol. The van der Waals surface area contributed by atoms with E-state index in [2.05, 4.69) is 4.74 Å². The molecule has 0 saturated heterocycles. The van der Waals surface area contributed by atoms with Gasteiger partial charge in [-0.2, -0.15) is 0 Å². The number of hydrogen-bond donors (Lipinski definition) is 1. The minimum Gasteiger partial charge on any atom is -0.433 e. The number of rotatable bonds is 6. The zero-order valence-electron chi connectivity index (χ0n) is 7.28. The van der Waals surface area contributed by atoms with Crippen LogP contribution in [0.15, 0.2) is 0 Å². The molecular formula is C7H14O5. The standard InChI is InChI=1S/C7H14O5/c1-6(9)12-7(10-2)5-11-4-3-8/h7-8H,3-5H2,1-2H3. The zero-order valence-corrected chi connectivity index (χ0v) is 7.28. The van der Waals surface area contributed by atoms with Crippen LogP contribution in [-0.2, 0) is 19.0 Å². The minimum absolute atomic E-state index is 0.0590. The van der Waals surface area contributed by atoms with Crippen LogP contribution in [0.4, 0.5) is 0 Å². The summed E-state index contributed by atoms with van der Waals surface area (Å²) in [6.07, 6.45) is -0.686. The Morgan fingerprint density at radius 2 is 2.25 bits per heavy atom. The summed E-state index contributed by atoms with van der Waals surface area (Å²) >= 11 is 0. The number of hydrogen-bond acceptors (Lipinski definition) is 5. The van der Waals surface area contributed by atoms with Gasteiger partial charge in [-0.05, 0) is 0 Å². The van der Waals surface area contributed by atoms with Crippen LogP contribution in [0.2, 0.25) is 0 Å². The van der Waals surface area contributed by atoms with E-state index in [0.29, 0.717) is 0 Å². The molecule has 0 spiro atoms. The molecule has 5 nitrogen and oxygen atoms in total. The molecule has 0 aromatic heterocycles. The molecule has 1 unspecified atom stereocenters. The molecule has 1 atom stereocenters. The van der Waals surface area contributed by atoms with E-state index in [1.807, 2.05) is 0 Å². The Balaban J connectivity index is 3.46. The van der Waals surface area contributed by atoms with E-state index in [4.69, 9.17) is 14.6 Å². The fourth-order valence-corrected chi connectivity index (χ4v) is 0.579. The third-order valence-electron chi connectivity index (χ3n) is 1.05. The van der Waals surface area contributed by atoms with Gasteiger partial charge in [0.1, 0.15) is 6.61 Å². The monoisotopic (exact) mass is 178 g/mol. The van der Waals surface area contributed by atoms with Crippen molar-refractivity contribution in [3.63, 3.8) is 0 Å². The van der Waals surface area contributed by atoms with Crippen LogP contribution < -0.4 is 0 Å². The molecule has 0 bridgehead atoms. The third kappa shape index (κ3) is 6.09. The van der Waals surface area contributed by atoms with Gasteiger partial charge in [0.15, 0.2) is 0 Å². The number of esters is 1. The predicted octanol–water partition coefficient (Wildman–Crippen LogP) is -0.469. The van der Waals surface area contributed by atoms with Crippen LogP contribution in [0.1, 0.15) is 6.92 Å². The van der Waals surface area contributed by atoms with E-state index in [0.717, 1.165) is 0 Å². The topological polar surface area (TPSA) is 65.0 Å². The number of carbonyl (C=O) groups is 1. The normalized spacial score (nSPS) is 12.6. The quantitative estimate of drug-likeness (QED) is 0.338. The number of methoxy groups -OCH3 is 1. The first-order chi connectivity index (χ1) is 5.70. The van der Waals surface area contributed by atoms with Crippen LogP contribution in [0.25, 0.3) is 0 Å². The van der Waals surface area contributed by atoms with Crippen molar-refractivity contribution in [2.45, 2.75) is 13.2 Å². The van der Waals surface area contributed by atoms with Crippen LogP contribution >= 0.6 is 0 Å². The van der Waals surface area contributed by atoms with E-state index in [1.54, 1.807) is 0 Å². The molecule has 0 radical (unpaired) electrons. The van der Waals surface area contributed by atoms with E-state index >= 15 is 0 Å². The maximum Gasteiger partial charge on any atom is 0.305 e. The summed E-state index contributed by atoms with van der Waals surface area (Å²) in [5.41, 5.74) is 0. The minimum atomic E-state index is -0.686. The molecule has 0 rings (SSSR count). The van der Waals surface area contributed by atoms with Crippen LogP contribution in [0, 0.1) is 0 Å². The summed E-state index contributed by atoms with van der Waals surface area (Å²) in [5.74, 6) is -0.422. The average molecular weight is 178 g/mol. The molecule has 0 fully saturated rings. The van der Waals surface area contributed by atoms with Gasteiger partial charge in [-0.15, -0.1) is 0 Å². The van der Waals surface area contributed by atoms with Gasteiger partial charge in [0.05, 0.1) is 13.2 Å². The molecule has 12 heavy (non-hydrogen) atoms. The summed E-state index contributed by atoms with van der Waals surface area (Å²) < 4.78 is 14.3. The van der Waals surface area contributed by atoms with Gasteiger partial charge >= 0.3 is 5.97 Å². The molecule has 72 valence electrons. The second kappa shape index (κ2) is 7.02. The molecule has 0 heterocycles. The van der Waals surface area contributed by atoms with Crippen molar-refractivity contribution >= 4 is 5.97 Å². The lowest BCUT2D eigenvalue weighted by Crippen LogP contribution is -2.24. The number of aliphatic hydroxyl groups is 1. The number of carbonyl (C=O) groups excluding carboxylic acids is 1. The zero-order chi connectivity index (χ0) is 9.40. The summed E-state index contributed by atoms with van der Waals surface area (Å²) in [5, 5.41) is 8.36. The molecule has 0 aromatic rings. The van der Waals surface area contributed by atoms with Gasteiger partial charge in [-0.3, -0.25) is 4.79 Å². The number of aliphatic hydroxyl groups excluding tert-OH is 1. The molecular weight excluding hydrogens is 164 g/mol. The summed E-state index contributed by atoms with van der Waals surface area (Å²) in [4.78, 5) is 10.4. The second-order valence-electron chi connectivity index (χ2n) is 2.07. The smallest absolute Gasteiger partial charge is 0.305 e. The van der Waals surface area contributed by atoms with Gasteiger partial charge in [0, 0.05) is 14.0 Å². The summed E-state index contributed by atoms with van der Waals surface area (Å²) in [6, 6.07) is 0. The van der Waals surface area contributed by atoms with Gasteiger partial charge in [-0.1, -0.05) is 0 Å². The van der Waals surface area contributed by atoms with E-state index in [1.165, 1.54) is 14.0 Å². The SMILES string of the molecule is COC(COCCO)OC(C)=O. The Hall–Kier alpha value is -0.650. The highest BCUT2D eigenvalue weighted by Crippen LogP contribution is 1.94. The molecule has 0 aromatic carbocycles. The van der Waals surface area contributed by atoms with Crippen molar-refractivity contribution in [2.75, 3.05) is 26.9 Å². The molecule has 0 saturated carbocycles. The van der Waals surface area contributed by atoms with Gasteiger partial charge in [0.2, 0.25) is 6.29 Å². The maximum absolute atomic E-state index is 10.4. The van der Waals surface area contributed by atoms with Crippen molar-refractivity contribution < 1.29 is 24.1 Å². The van der Waals surface area contributed by atoms with Crippen LogP contribution in [-0.4, -0.2) is 44.3 Å². The highest BCUT2D eigenvalue weighted by atomic mass is 16.7. The lowest BCUT2D eigenvalue weighted by molar-refractivity contribution is -0.182. The second-order valence-corrected chi connectivity index (χ2v) is 2.07. The van der Waals surface area contributed by atoms with Crippen LogP contribution in [0.5, 0.6) is 0 Å². The third-order valence-corrected chi connectivity index (χ3v) is 1.05. The lowest BCUT2D eigenvalue weighted by atomic mass is 10.6. The van der Waals surface area contributed by atoms with E-state index in [9.17, 15) is 4.79 Å². The van der Waals surface area contributed by atoms with Crippen molar-refractivity contribution in [3.05, 3.63) is 0 Å². The molecule has 0 amide bonds. The Kier molecular flexibility index (Phi) is 6.64. The molecule has 5 heteroatoms. The maximum atomic E-state index is 10.4. The van der Waals surface area contributed by atoms with Crippen molar-refractivity contribution in [1.29, 1.82) is 0 Å². The van der Waals surface area contributed by atoms with Crippen LogP contribution in [0.3, 0.4) is 0 Å². The molecule has 0 aliphatic carbocycles. The Morgan fingerprint density at radius 3 is 2.67 bits per heavy atom. The summed E-state index contributed by atoms with van der Waals surface area (Å²) in [6.45, 7) is 1.58. The van der Waals surface area contributed by atoms with E-state index in [-0.39, 0.29) is 19.8 Å². The first kappa shape index (κ1) is 11.4. The van der Waals surface area contributed by atoms with Crippen molar-refractivity contribution in [3.8, 4) is 0 Å². The highest BCUT2D eigenvalue weighted by molar-refractivity contribution is 5.66. The van der Waals surface area contributed by atoms with Crippen molar-refractivity contribution in [2.24, 2.45) is 0 Å². The van der Waals surface area contributed by atoms with E-state index < -0.39 is 12.3 Å². The first-order valence-corrected chi connectivity index (χ1v) is 3.59. The Morgan fingerprint density at radius 1 is 1.58 bits per heavy atom. The molecule has 0 aliphatic heterocycles. The Bertz CT molecular complexity index is 125. The first-order valence-electron chi connectivity index (χ1n) is 3.59. The molecule has 0 aliphatic rings. The van der Waals surface area contributed by atoms with Gasteiger partial charge < -0.3 is 19.3 Å². The van der Waals surface area contributed by atoms with Crippen molar-refractivity contribution in [1.82, 2.24) is 0 Å². The average Bonchev–Trinajstić information content (AvgIpc) is 2.02. The Labute approximate surface area is 71.2 Å². The number of ether oxygens (including phenoxy) is 3.